The number of ketones is 1. The van der Waals surface area contributed by atoms with Crippen molar-refractivity contribution in [1.29, 1.82) is 0 Å². The number of carbonyl (C=O) groups is 1. The van der Waals surface area contributed by atoms with E-state index in [4.69, 9.17) is 0 Å². The lowest BCUT2D eigenvalue weighted by Gasteiger charge is -2.35. The molecule has 0 aromatic rings. The normalized spacial score (nSPS) is 35.8. The van der Waals surface area contributed by atoms with Gasteiger partial charge in [0.15, 0.2) is 5.78 Å². The van der Waals surface area contributed by atoms with Crippen LogP contribution in [0.4, 0.5) is 0 Å². The van der Waals surface area contributed by atoms with E-state index in [9.17, 15) is 9.90 Å². The van der Waals surface area contributed by atoms with Crippen LogP contribution in [0, 0.1) is 0 Å². The van der Waals surface area contributed by atoms with Gasteiger partial charge in [0.25, 0.3) is 0 Å². The van der Waals surface area contributed by atoms with Crippen LogP contribution in [0.3, 0.4) is 0 Å². The van der Waals surface area contributed by atoms with Gasteiger partial charge in [-0.15, -0.1) is 0 Å². The minimum atomic E-state index is -0.276. The molecule has 102 valence electrons. The standard InChI is InChI=1S/C8H13NO2.C6H12N/c1-6(10)8-2-3-9(8)5-7(11)4-8;1-2-4-6-7-5-3-1/h7,11H,2-5H2,1H3;1-6H2/q+1;. The molecule has 0 amide bonds. The van der Waals surface area contributed by atoms with E-state index in [1.54, 1.807) is 6.92 Å². The number of rotatable bonds is 1. The smallest absolute Gasteiger partial charge is 0.208 e. The van der Waals surface area contributed by atoms with Gasteiger partial charge in [0.2, 0.25) is 5.54 Å². The summed E-state index contributed by atoms with van der Waals surface area (Å²) in [5, 5.41) is 13.6. The van der Waals surface area contributed by atoms with Gasteiger partial charge in [-0.05, 0) is 12.8 Å². The number of β-amino-alcohol motifs (C(OH)–C–C–N with tert-alkyl or cyclic N) is 1. The van der Waals surface area contributed by atoms with Crippen molar-refractivity contribution >= 4 is 5.78 Å². The predicted molar refractivity (Wildman–Crippen MR) is 70.9 cm³/mol. The van der Waals surface area contributed by atoms with E-state index in [1.165, 1.54) is 25.7 Å². The van der Waals surface area contributed by atoms with E-state index in [-0.39, 0.29) is 17.4 Å². The second-order valence-corrected chi connectivity index (χ2v) is 5.73. The minimum Gasteiger partial charge on any atom is -0.387 e. The van der Waals surface area contributed by atoms with Crippen LogP contribution in [0.15, 0.2) is 0 Å². The zero-order valence-corrected chi connectivity index (χ0v) is 11.4. The molecule has 1 N–H and O–H groups in total. The summed E-state index contributed by atoms with van der Waals surface area (Å²) in [7, 11) is 0. The van der Waals surface area contributed by atoms with E-state index in [1.807, 2.05) is 0 Å². The molecular formula is C14H25N2O2+. The Bertz CT molecular complexity index is 276. The molecule has 0 aromatic carbocycles. The van der Waals surface area contributed by atoms with Crippen LogP contribution in [0.1, 0.15) is 45.4 Å². The minimum absolute atomic E-state index is 0.223. The van der Waals surface area contributed by atoms with Crippen molar-refractivity contribution in [3.05, 3.63) is 0 Å². The molecule has 3 aliphatic heterocycles. The number of aliphatic hydroxyl groups excluding tert-OH is 1. The molecule has 3 heterocycles. The van der Waals surface area contributed by atoms with Crippen LogP contribution in [0.25, 0.3) is 0 Å². The largest absolute Gasteiger partial charge is 0.387 e. The van der Waals surface area contributed by atoms with E-state index < -0.39 is 0 Å². The molecule has 3 saturated heterocycles. The first-order valence-electron chi connectivity index (χ1n) is 7.22. The quantitative estimate of drug-likeness (QED) is 0.702. The second kappa shape index (κ2) is 6.13. The molecule has 4 heteroatoms. The summed E-state index contributed by atoms with van der Waals surface area (Å²) >= 11 is 0. The Morgan fingerprint density at radius 1 is 1.28 bits per heavy atom. The molecule has 2 atom stereocenters. The fourth-order valence-electron chi connectivity index (χ4n) is 3.20. The van der Waals surface area contributed by atoms with Crippen molar-refractivity contribution in [3.8, 4) is 0 Å². The van der Waals surface area contributed by atoms with Crippen LogP contribution in [0.2, 0.25) is 0 Å². The maximum atomic E-state index is 11.2. The van der Waals surface area contributed by atoms with Crippen molar-refractivity contribution in [2.75, 3.05) is 26.2 Å². The summed E-state index contributed by atoms with van der Waals surface area (Å²) in [6, 6.07) is 0. The van der Waals surface area contributed by atoms with Crippen LogP contribution >= 0.6 is 0 Å². The molecule has 0 bridgehead atoms. The third-order valence-electron chi connectivity index (χ3n) is 4.44. The Labute approximate surface area is 110 Å². The Hall–Kier alpha value is -0.450. The Balaban J connectivity index is 0.000000149. The SMILES string of the molecule is C1CCC[N]CC1.CC(=O)C12CC[N+]1CC(O)C2. The Kier molecular flexibility index (Phi) is 4.76. The van der Waals surface area contributed by atoms with Gasteiger partial charge in [-0.25, -0.2) is 5.32 Å². The molecule has 0 aromatic heterocycles. The molecule has 4 nitrogen and oxygen atoms in total. The third kappa shape index (κ3) is 2.92. The summed E-state index contributed by atoms with van der Waals surface area (Å²) in [5.74, 6) is 0.223. The van der Waals surface area contributed by atoms with Gasteiger partial charge >= 0.3 is 0 Å². The first-order chi connectivity index (χ1) is 8.65. The van der Waals surface area contributed by atoms with Crippen molar-refractivity contribution in [2.24, 2.45) is 0 Å². The number of aliphatic hydroxyl groups is 1. The molecule has 0 spiro atoms. The Morgan fingerprint density at radius 2 is 1.94 bits per heavy atom. The molecule has 3 fully saturated rings. The lowest BCUT2D eigenvalue weighted by molar-refractivity contribution is -0.128. The van der Waals surface area contributed by atoms with Crippen LogP contribution in [0.5, 0.6) is 0 Å². The molecule has 3 aliphatic rings. The molecular weight excluding hydrogens is 228 g/mol. The summed E-state index contributed by atoms with van der Waals surface area (Å²) in [6.07, 6.45) is 6.80. The van der Waals surface area contributed by atoms with Crippen LogP contribution in [-0.2, 0) is 4.79 Å². The van der Waals surface area contributed by atoms with Crippen LogP contribution < -0.4 is 10.2 Å². The Morgan fingerprint density at radius 3 is 2.33 bits per heavy atom. The average molecular weight is 253 g/mol. The van der Waals surface area contributed by atoms with Gasteiger partial charge in [-0.2, -0.15) is 4.90 Å². The number of nitrogens with zero attached hydrogens (tertiary/aromatic N) is 2. The topological polar surface area (TPSA) is 57.3 Å². The number of Topliss-reactive ketones (excluding diaryl/α,β-unsaturated/α-hetero) is 1. The van der Waals surface area contributed by atoms with E-state index in [0.717, 1.165) is 26.1 Å². The van der Waals surface area contributed by atoms with Crippen molar-refractivity contribution in [3.63, 3.8) is 0 Å². The summed E-state index contributed by atoms with van der Waals surface area (Å²) in [5.41, 5.74) is -0.251. The fraction of sp³-hybridized carbons (Fsp3) is 0.929. The molecule has 2 radical (unpaired) electrons. The molecule has 3 rings (SSSR count). The first kappa shape index (κ1) is 14.0. The maximum Gasteiger partial charge on any atom is 0.208 e. The lowest BCUT2D eigenvalue weighted by Crippen LogP contribution is -2.63. The summed E-state index contributed by atoms with van der Waals surface area (Å²) in [6.45, 7) is 5.56. The van der Waals surface area contributed by atoms with Crippen LogP contribution in [-0.4, -0.2) is 48.7 Å². The number of hydrogen-bond acceptors (Lipinski definition) is 3. The van der Waals surface area contributed by atoms with Gasteiger partial charge in [-0.1, -0.05) is 12.8 Å². The molecule has 18 heavy (non-hydrogen) atoms. The number of carbonyl (C=O) groups excluding carboxylic acids is 1. The highest BCUT2D eigenvalue weighted by molar-refractivity contribution is 5.88. The van der Waals surface area contributed by atoms with Crippen molar-refractivity contribution in [1.82, 2.24) is 10.2 Å². The van der Waals surface area contributed by atoms with E-state index in [2.05, 4.69) is 10.2 Å². The first-order valence-corrected chi connectivity index (χ1v) is 7.22. The third-order valence-corrected chi connectivity index (χ3v) is 4.44. The lowest BCUT2D eigenvalue weighted by atomic mass is 9.81. The highest BCUT2D eigenvalue weighted by Gasteiger charge is 2.64. The zero-order valence-electron chi connectivity index (χ0n) is 11.4. The summed E-state index contributed by atoms with van der Waals surface area (Å²) < 4.78 is 0. The number of fused-ring (bicyclic) bond motifs is 1. The van der Waals surface area contributed by atoms with E-state index >= 15 is 0 Å². The molecule has 0 saturated carbocycles. The monoisotopic (exact) mass is 253 g/mol. The maximum absolute atomic E-state index is 11.2. The number of hydrogen-bond donors (Lipinski definition) is 1. The highest BCUT2D eigenvalue weighted by atomic mass is 16.3. The van der Waals surface area contributed by atoms with Gasteiger partial charge in [-0.3, -0.25) is 4.79 Å². The zero-order chi connectivity index (χ0) is 13.0. The van der Waals surface area contributed by atoms with Gasteiger partial charge < -0.3 is 5.11 Å². The molecule has 2 unspecified atom stereocenters. The molecule has 0 aliphatic carbocycles. The predicted octanol–water partition coefficient (Wildman–Crippen LogP) is 0.787. The van der Waals surface area contributed by atoms with E-state index in [0.29, 0.717) is 13.0 Å². The van der Waals surface area contributed by atoms with Gasteiger partial charge in [0, 0.05) is 26.4 Å². The second-order valence-electron chi connectivity index (χ2n) is 5.73. The van der Waals surface area contributed by atoms with Crippen molar-refractivity contribution in [2.45, 2.75) is 57.1 Å². The van der Waals surface area contributed by atoms with Crippen molar-refractivity contribution < 1.29 is 9.90 Å². The van der Waals surface area contributed by atoms with Gasteiger partial charge in [0.1, 0.15) is 19.2 Å². The summed E-state index contributed by atoms with van der Waals surface area (Å²) in [4.78, 5) is 13.3. The average Bonchev–Trinajstić information content (AvgIpc) is 2.59. The highest BCUT2D eigenvalue weighted by Crippen LogP contribution is 2.38. The van der Waals surface area contributed by atoms with Gasteiger partial charge in [0.05, 0.1) is 6.42 Å². The fourth-order valence-corrected chi connectivity index (χ4v) is 3.20.